The summed E-state index contributed by atoms with van der Waals surface area (Å²) in [6.45, 7) is 3.60. The van der Waals surface area contributed by atoms with Crippen molar-refractivity contribution in [1.82, 2.24) is 0 Å². The van der Waals surface area contributed by atoms with Gasteiger partial charge in [0.05, 0.1) is 11.5 Å². The molecule has 1 aliphatic carbocycles. The highest BCUT2D eigenvalue weighted by molar-refractivity contribution is 5.85. The minimum atomic E-state index is -0.440. The van der Waals surface area contributed by atoms with Gasteiger partial charge in [-0.05, 0) is 13.3 Å². The molecule has 0 bridgehead atoms. The number of ketones is 1. The lowest BCUT2D eigenvalue weighted by atomic mass is 9.67. The van der Waals surface area contributed by atoms with Crippen LogP contribution in [-0.2, 0) is 4.79 Å². The van der Waals surface area contributed by atoms with Gasteiger partial charge in [0.25, 0.3) is 0 Å². The molecular weight excluding hydrogens is 174 g/mol. The monoisotopic (exact) mass is 189 g/mol. The highest BCUT2D eigenvalue weighted by atomic mass is 16.1. The van der Waals surface area contributed by atoms with Gasteiger partial charge in [0.15, 0.2) is 0 Å². The van der Waals surface area contributed by atoms with Gasteiger partial charge in [-0.3, -0.25) is 4.79 Å². The number of hydrogen-bond acceptors (Lipinski definition) is 2. The average Bonchev–Trinajstić information content (AvgIpc) is 2.19. The van der Waals surface area contributed by atoms with Crippen molar-refractivity contribution in [3.63, 3.8) is 0 Å². The molecule has 0 aromatic carbocycles. The van der Waals surface area contributed by atoms with E-state index in [4.69, 9.17) is 5.26 Å². The third-order valence-electron chi connectivity index (χ3n) is 3.06. The van der Waals surface area contributed by atoms with Crippen LogP contribution in [0.3, 0.4) is 0 Å². The summed E-state index contributed by atoms with van der Waals surface area (Å²) in [7, 11) is 0. The molecule has 0 spiro atoms. The van der Waals surface area contributed by atoms with E-state index in [1.54, 1.807) is 6.92 Å². The smallest absolute Gasteiger partial charge is 0.140 e. The highest BCUT2D eigenvalue weighted by Crippen LogP contribution is 2.39. The normalized spacial score (nSPS) is 29.9. The minimum absolute atomic E-state index is 0.0417. The summed E-state index contributed by atoms with van der Waals surface area (Å²) in [5.74, 6) is 0.195. The first-order chi connectivity index (χ1) is 6.67. The molecule has 2 heteroatoms. The maximum absolute atomic E-state index is 11.6. The average molecular weight is 189 g/mol. The van der Waals surface area contributed by atoms with Crippen molar-refractivity contribution in [3.8, 4) is 6.07 Å². The fraction of sp³-hybridized carbons (Fsp3) is 0.500. The van der Waals surface area contributed by atoms with Crippen LogP contribution in [-0.4, -0.2) is 5.78 Å². The summed E-state index contributed by atoms with van der Waals surface area (Å²) in [5, 5.41) is 8.71. The molecular formula is C12H15NO. The molecule has 0 heterocycles. The Bertz CT molecular complexity index is 322. The first-order valence-electron chi connectivity index (χ1n) is 4.91. The Hall–Kier alpha value is -1.36. The van der Waals surface area contributed by atoms with Gasteiger partial charge in [0.2, 0.25) is 0 Å². The van der Waals surface area contributed by atoms with Gasteiger partial charge in [-0.25, -0.2) is 0 Å². The first-order valence-corrected chi connectivity index (χ1v) is 4.91. The van der Waals surface area contributed by atoms with Crippen molar-refractivity contribution in [2.24, 2.45) is 11.3 Å². The molecule has 2 atom stereocenters. The predicted molar refractivity (Wildman–Crippen MR) is 55.4 cm³/mol. The van der Waals surface area contributed by atoms with Gasteiger partial charge >= 0.3 is 0 Å². The number of nitriles is 1. The summed E-state index contributed by atoms with van der Waals surface area (Å²) in [4.78, 5) is 11.6. The van der Waals surface area contributed by atoms with E-state index < -0.39 is 5.41 Å². The van der Waals surface area contributed by atoms with Crippen LogP contribution in [0.2, 0.25) is 0 Å². The molecule has 2 nitrogen and oxygen atoms in total. The lowest BCUT2D eigenvalue weighted by Crippen LogP contribution is -2.35. The zero-order chi connectivity index (χ0) is 10.6. The zero-order valence-corrected chi connectivity index (χ0v) is 8.66. The van der Waals surface area contributed by atoms with E-state index in [-0.39, 0.29) is 11.7 Å². The molecule has 0 aliphatic heterocycles. The lowest BCUT2D eigenvalue weighted by molar-refractivity contribution is -0.126. The summed E-state index contributed by atoms with van der Waals surface area (Å²) >= 11 is 0. The Morgan fingerprint density at radius 1 is 1.57 bits per heavy atom. The number of rotatable bonds is 3. The predicted octanol–water partition coefficient (Wildman–Crippen LogP) is 2.63. The van der Waals surface area contributed by atoms with Crippen LogP contribution in [0.5, 0.6) is 0 Å². The van der Waals surface area contributed by atoms with E-state index in [9.17, 15) is 4.79 Å². The third kappa shape index (κ3) is 1.63. The molecule has 0 aromatic heterocycles. The molecule has 0 fully saturated rings. The summed E-state index contributed by atoms with van der Waals surface area (Å²) in [5.41, 5.74) is -0.440. The zero-order valence-electron chi connectivity index (χ0n) is 8.66. The second kappa shape index (κ2) is 4.23. The van der Waals surface area contributed by atoms with Crippen LogP contribution in [0.4, 0.5) is 0 Å². The summed E-state index contributed by atoms with van der Waals surface area (Å²) < 4.78 is 0. The molecule has 0 radical (unpaired) electrons. The standard InChI is InChI=1S/C12H15NO/c1-3-12(10(2)14)8-5-4-6-11(12)7-9-13/h4-6,8,11H,3,7H2,1-2H3. The number of carbonyl (C=O) groups excluding carboxylic acids is 1. The number of Topliss-reactive ketones (excluding diaryl/α,β-unsaturated/α-hetero) is 1. The fourth-order valence-electron chi connectivity index (χ4n) is 2.08. The number of allylic oxidation sites excluding steroid dienone is 4. The first kappa shape index (κ1) is 10.7. The highest BCUT2D eigenvalue weighted by Gasteiger charge is 2.38. The minimum Gasteiger partial charge on any atom is -0.299 e. The van der Waals surface area contributed by atoms with Crippen LogP contribution in [0.25, 0.3) is 0 Å². The van der Waals surface area contributed by atoms with Crippen molar-refractivity contribution in [2.45, 2.75) is 26.7 Å². The summed E-state index contributed by atoms with van der Waals surface area (Å²) in [6, 6.07) is 2.14. The maximum atomic E-state index is 11.6. The molecule has 0 aromatic rings. The van der Waals surface area contributed by atoms with Crippen LogP contribution in [0.1, 0.15) is 26.7 Å². The molecule has 1 aliphatic rings. The Morgan fingerprint density at radius 2 is 2.29 bits per heavy atom. The molecule has 14 heavy (non-hydrogen) atoms. The lowest BCUT2D eigenvalue weighted by Gasteiger charge is -2.34. The Morgan fingerprint density at radius 3 is 2.79 bits per heavy atom. The van der Waals surface area contributed by atoms with Gasteiger partial charge < -0.3 is 0 Å². The second-order valence-electron chi connectivity index (χ2n) is 3.66. The molecule has 0 saturated carbocycles. The second-order valence-corrected chi connectivity index (χ2v) is 3.66. The Balaban J connectivity index is 3.03. The third-order valence-corrected chi connectivity index (χ3v) is 3.06. The summed E-state index contributed by atoms with van der Waals surface area (Å²) in [6.07, 6.45) is 8.90. The Labute approximate surface area is 84.9 Å². The quantitative estimate of drug-likeness (QED) is 0.684. The van der Waals surface area contributed by atoms with Crippen molar-refractivity contribution in [1.29, 1.82) is 5.26 Å². The van der Waals surface area contributed by atoms with Crippen LogP contribution in [0, 0.1) is 22.7 Å². The topological polar surface area (TPSA) is 40.9 Å². The largest absolute Gasteiger partial charge is 0.299 e. The molecule has 1 rings (SSSR count). The molecule has 0 amide bonds. The maximum Gasteiger partial charge on any atom is 0.140 e. The fourth-order valence-corrected chi connectivity index (χ4v) is 2.08. The van der Waals surface area contributed by atoms with E-state index >= 15 is 0 Å². The molecule has 0 N–H and O–H groups in total. The van der Waals surface area contributed by atoms with E-state index in [1.165, 1.54) is 0 Å². The van der Waals surface area contributed by atoms with Gasteiger partial charge in [-0.15, -0.1) is 0 Å². The number of hydrogen-bond donors (Lipinski definition) is 0. The van der Waals surface area contributed by atoms with Crippen LogP contribution < -0.4 is 0 Å². The SMILES string of the molecule is CCC1(C(C)=O)C=CC=CC1CC#N. The van der Waals surface area contributed by atoms with Crippen LogP contribution >= 0.6 is 0 Å². The number of nitrogens with zero attached hydrogens (tertiary/aromatic N) is 1. The van der Waals surface area contributed by atoms with E-state index in [1.807, 2.05) is 31.2 Å². The van der Waals surface area contributed by atoms with Gasteiger partial charge in [-0.2, -0.15) is 5.26 Å². The number of carbonyl (C=O) groups is 1. The van der Waals surface area contributed by atoms with Gasteiger partial charge in [-0.1, -0.05) is 31.2 Å². The van der Waals surface area contributed by atoms with Crippen molar-refractivity contribution in [3.05, 3.63) is 24.3 Å². The van der Waals surface area contributed by atoms with E-state index in [0.29, 0.717) is 6.42 Å². The van der Waals surface area contributed by atoms with E-state index in [0.717, 1.165) is 6.42 Å². The molecule has 74 valence electrons. The van der Waals surface area contributed by atoms with Gasteiger partial charge in [0.1, 0.15) is 5.78 Å². The van der Waals surface area contributed by atoms with Crippen LogP contribution in [0.15, 0.2) is 24.3 Å². The van der Waals surface area contributed by atoms with Crippen molar-refractivity contribution >= 4 is 5.78 Å². The van der Waals surface area contributed by atoms with Crippen molar-refractivity contribution < 1.29 is 4.79 Å². The molecule has 2 unspecified atom stereocenters. The Kier molecular flexibility index (Phi) is 3.24. The van der Waals surface area contributed by atoms with Crippen molar-refractivity contribution in [2.75, 3.05) is 0 Å². The molecule has 0 saturated heterocycles. The van der Waals surface area contributed by atoms with Gasteiger partial charge in [0, 0.05) is 12.3 Å². The van der Waals surface area contributed by atoms with E-state index in [2.05, 4.69) is 6.07 Å².